The van der Waals surface area contributed by atoms with Gasteiger partial charge in [0.1, 0.15) is 5.69 Å². The van der Waals surface area contributed by atoms with Crippen molar-refractivity contribution in [2.75, 3.05) is 18.7 Å². The van der Waals surface area contributed by atoms with Crippen molar-refractivity contribution in [3.05, 3.63) is 28.3 Å². The highest BCUT2D eigenvalue weighted by Crippen LogP contribution is 2.32. The summed E-state index contributed by atoms with van der Waals surface area (Å²) in [6.07, 6.45) is 2.76. The molecule has 1 N–H and O–H groups in total. The largest absolute Gasteiger partial charge is 0.381 e. The quantitative estimate of drug-likeness (QED) is 0.655. The van der Waals surface area contributed by atoms with Crippen LogP contribution in [0.3, 0.4) is 0 Å². The lowest BCUT2D eigenvalue weighted by atomic mass is 9.89. The van der Waals surface area contributed by atoms with E-state index < -0.39 is 14.8 Å². The summed E-state index contributed by atoms with van der Waals surface area (Å²) in [5.41, 5.74) is 0.107. The average molecular weight is 300 g/mol. The van der Waals surface area contributed by atoms with Crippen LogP contribution in [0.1, 0.15) is 12.8 Å². The van der Waals surface area contributed by atoms with Gasteiger partial charge in [-0.05, 0) is 25.0 Å². The molecular weight excluding hydrogens is 284 g/mol. The van der Waals surface area contributed by atoms with Gasteiger partial charge in [-0.25, -0.2) is 8.42 Å². The van der Waals surface area contributed by atoms with Gasteiger partial charge in [0.15, 0.2) is 9.84 Å². The molecule has 1 aromatic carbocycles. The number of nitrogens with one attached hydrogen (secondary N) is 1. The summed E-state index contributed by atoms with van der Waals surface area (Å²) >= 11 is 0. The Hall–Kier alpha value is -1.67. The molecule has 0 heterocycles. The second kappa shape index (κ2) is 5.37. The van der Waals surface area contributed by atoms with Gasteiger partial charge in [0, 0.05) is 25.5 Å². The van der Waals surface area contributed by atoms with Crippen molar-refractivity contribution < 1.29 is 18.1 Å². The van der Waals surface area contributed by atoms with Gasteiger partial charge in [-0.1, -0.05) is 0 Å². The number of nitrogens with zero attached hydrogens (tertiary/aromatic N) is 1. The lowest BCUT2D eigenvalue weighted by molar-refractivity contribution is -0.384. The number of hydrogen-bond donors (Lipinski definition) is 1. The van der Waals surface area contributed by atoms with Gasteiger partial charge in [-0.2, -0.15) is 0 Å². The molecule has 0 unspecified atom stereocenters. The van der Waals surface area contributed by atoms with E-state index in [1.807, 2.05) is 0 Å². The first-order valence-corrected chi connectivity index (χ1v) is 7.98. The zero-order valence-electron chi connectivity index (χ0n) is 11.2. The molecule has 7 nitrogen and oxygen atoms in total. The van der Waals surface area contributed by atoms with Crippen LogP contribution in [0.2, 0.25) is 0 Å². The summed E-state index contributed by atoms with van der Waals surface area (Å²) in [5.74, 6) is 0. The molecule has 0 atom stereocenters. The molecule has 20 heavy (non-hydrogen) atoms. The van der Waals surface area contributed by atoms with Crippen LogP contribution >= 0.6 is 0 Å². The Bertz CT molecular complexity index is 623. The fourth-order valence-corrected chi connectivity index (χ4v) is 2.75. The number of sulfone groups is 1. The number of anilines is 1. The summed E-state index contributed by atoms with van der Waals surface area (Å²) in [4.78, 5) is 10.4. The minimum atomic E-state index is -3.46. The molecule has 0 aromatic heterocycles. The number of methoxy groups -OCH3 is 1. The van der Waals surface area contributed by atoms with Crippen LogP contribution in [0, 0.1) is 10.1 Å². The number of nitro groups is 1. The standard InChI is InChI=1S/C12H16N2O5S/c1-19-9-5-8(6-9)13-11-4-3-10(20(2,17)18)7-12(11)14(15)16/h3-4,7-9,13H,5-6H2,1-2H3. The zero-order valence-corrected chi connectivity index (χ0v) is 12.0. The van der Waals surface area contributed by atoms with E-state index >= 15 is 0 Å². The molecule has 0 radical (unpaired) electrons. The molecule has 1 fully saturated rings. The number of nitro benzene ring substituents is 1. The summed E-state index contributed by atoms with van der Waals surface area (Å²) in [7, 11) is -1.83. The van der Waals surface area contributed by atoms with Crippen molar-refractivity contribution in [2.24, 2.45) is 0 Å². The number of hydrogen-bond acceptors (Lipinski definition) is 6. The Morgan fingerprint density at radius 1 is 1.40 bits per heavy atom. The second-order valence-corrected chi connectivity index (χ2v) is 6.89. The Labute approximate surface area is 117 Å². The maximum absolute atomic E-state index is 11.4. The van der Waals surface area contributed by atoms with Gasteiger partial charge in [-0.3, -0.25) is 10.1 Å². The predicted octanol–water partition coefficient (Wildman–Crippen LogP) is 1.59. The molecular formula is C12H16N2O5S. The van der Waals surface area contributed by atoms with Crippen molar-refractivity contribution in [2.45, 2.75) is 29.9 Å². The minimum absolute atomic E-state index is 0.0573. The van der Waals surface area contributed by atoms with E-state index in [1.165, 1.54) is 12.1 Å². The molecule has 0 spiro atoms. The van der Waals surface area contributed by atoms with Gasteiger partial charge in [0.25, 0.3) is 5.69 Å². The van der Waals surface area contributed by atoms with E-state index in [0.717, 1.165) is 25.2 Å². The predicted molar refractivity (Wildman–Crippen MR) is 73.6 cm³/mol. The van der Waals surface area contributed by atoms with E-state index in [4.69, 9.17) is 4.74 Å². The molecule has 1 aromatic rings. The van der Waals surface area contributed by atoms with Crippen LogP contribution < -0.4 is 5.32 Å². The number of rotatable bonds is 5. The smallest absolute Gasteiger partial charge is 0.293 e. The maximum atomic E-state index is 11.4. The van der Waals surface area contributed by atoms with Crippen molar-refractivity contribution in [1.29, 1.82) is 0 Å². The number of benzene rings is 1. The lowest BCUT2D eigenvalue weighted by Crippen LogP contribution is -2.40. The van der Waals surface area contributed by atoms with Crippen LogP contribution in [0.5, 0.6) is 0 Å². The van der Waals surface area contributed by atoms with E-state index in [0.29, 0.717) is 5.69 Å². The molecule has 0 bridgehead atoms. The van der Waals surface area contributed by atoms with Crippen molar-refractivity contribution in [1.82, 2.24) is 0 Å². The van der Waals surface area contributed by atoms with Gasteiger partial charge < -0.3 is 10.1 Å². The third-order valence-corrected chi connectivity index (χ3v) is 4.49. The first-order chi connectivity index (χ1) is 9.31. The van der Waals surface area contributed by atoms with Gasteiger partial charge in [0.2, 0.25) is 0 Å². The van der Waals surface area contributed by atoms with Crippen LogP contribution in [0.4, 0.5) is 11.4 Å². The first kappa shape index (κ1) is 14.7. The topological polar surface area (TPSA) is 98.5 Å². The van der Waals surface area contributed by atoms with E-state index in [1.54, 1.807) is 7.11 Å². The molecule has 1 aliphatic carbocycles. The van der Waals surface area contributed by atoms with Crippen molar-refractivity contribution >= 4 is 21.2 Å². The molecule has 1 saturated carbocycles. The fourth-order valence-electron chi connectivity index (χ4n) is 2.11. The fraction of sp³-hybridized carbons (Fsp3) is 0.500. The lowest BCUT2D eigenvalue weighted by Gasteiger charge is -2.35. The monoisotopic (exact) mass is 300 g/mol. The molecule has 110 valence electrons. The van der Waals surface area contributed by atoms with E-state index in [-0.39, 0.29) is 22.7 Å². The van der Waals surface area contributed by atoms with Crippen LogP contribution in [-0.2, 0) is 14.6 Å². The van der Waals surface area contributed by atoms with E-state index in [2.05, 4.69) is 5.32 Å². The van der Waals surface area contributed by atoms with Crippen molar-refractivity contribution in [3.8, 4) is 0 Å². The molecule has 0 saturated heterocycles. The Balaban J connectivity index is 2.23. The van der Waals surface area contributed by atoms with Crippen LogP contribution in [0.25, 0.3) is 0 Å². The molecule has 2 rings (SSSR count). The maximum Gasteiger partial charge on any atom is 0.293 e. The summed E-state index contributed by atoms with van der Waals surface area (Å²) < 4.78 is 28.0. The Kier molecular flexibility index (Phi) is 3.96. The molecule has 8 heteroatoms. The van der Waals surface area contributed by atoms with Gasteiger partial charge in [0.05, 0.1) is 15.9 Å². The second-order valence-electron chi connectivity index (χ2n) is 4.88. The van der Waals surface area contributed by atoms with Gasteiger partial charge >= 0.3 is 0 Å². The zero-order chi connectivity index (χ0) is 14.9. The Morgan fingerprint density at radius 2 is 2.05 bits per heavy atom. The third kappa shape index (κ3) is 3.07. The van der Waals surface area contributed by atoms with Crippen molar-refractivity contribution in [3.63, 3.8) is 0 Å². The first-order valence-electron chi connectivity index (χ1n) is 6.09. The minimum Gasteiger partial charge on any atom is -0.381 e. The highest BCUT2D eigenvalue weighted by molar-refractivity contribution is 7.90. The third-order valence-electron chi connectivity index (χ3n) is 3.38. The SMILES string of the molecule is COC1CC(Nc2ccc(S(C)(=O)=O)cc2[N+](=O)[O-])C1. The average Bonchev–Trinajstić information content (AvgIpc) is 2.31. The van der Waals surface area contributed by atoms with Crippen LogP contribution in [-0.4, -0.2) is 38.9 Å². The molecule has 1 aliphatic rings. The normalized spacial score (nSPS) is 22.1. The highest BCUT2D eigenvalue weighted by Gasteiger charge is 2.30. The van der Waals surface area contributed by atoms with Crippen LogP contribution in [0.15, 0.2) is 23.1 Å². The number of ether oxygens (including phenoxy) is 1. The summed E-state index contributed by atoms with van der Waals surface area (Å²) in [5, 5.41) is 14.1. The summed E-state index contributed by atoms with van der Waals surface area (Å²) in [6, 6.07) is 4.01. The van der Waals surface area contributed by atoms with E-state index in [9.17, 15) is 18.5 Å². The molecule has 0 aliphatic heterocycles. The molecule has 0 amide bonds. The van der Waals surface area contributed by atoms with Gasteiger partial charge in [-0.15, -0.1) is 0 Å². The summed E-state index contributed by atoms with van der Waals surface area (Å²) in [6.45, 7) is 0. The highest BCUT2D eigenvalue weighted by atomic mass is 32.2. The Morgan fingerprint density at radius 3 is 2.55 bits per heavy atom.